The first-order valence-electron chi connectivity index (χ1n) is 10.1. The fourth-order valence-electron chi connectivity index (χ4n) is 3.44. The van der Waals surface area contributed by atoms with E-state index in [0.29, 0.717) is 11.5 Å². The monoisotopic (exact) mass is 448 g/mol. The molecule has 2 aromatic carbocycles. The van der Waals surface area contributed by atoms with Gasteiger partial charge in [-0.3, -0.25) is 4.79 Å². The summed E-state index contributed by atoms with van der Waals surface area (Å²) in [6.45, 7) is 4.75. The van der Waals surface area contributed by atoms with E-state index in [2.05, 4.69) is 5.32 Å². The first-order valence-corrected chi connectivity index (χ1v) is 11.5. The average Bonchev–Trinajstić information content (AvgIpc) is 2.76. The molecular formula is C22H28N2O6S. The molecule has 3 rings (SSSR count). The molecule has 0 saturated carbocycles. The van der Waals surface area contributed by atoms with E-state index in [-0.39, 0.29) is 54.8 Å². The highest BCUT2D eigenvalue weighted by molar-refractivity contribution is 7.89. The molecule has 0 aromatic heterocycles. The molecule has 2 atom stereocenters. The van der Waals surface area contributed by atoms with E-state index in [1.807, 2.05) is 26.0 Å². The second-order valence-electron chi connectivity index (χ2n) is 7.36. The van der Waals surface area contributed by atoms with Crippen LogP contribution in [0.3, 0.4) is 0 Å². The van der Waals surface area contributed by atoms with Crippen molar-refractivity contribution in [1.82, 2.24) is 9.62 Å². The first-order chi connectivity index (χ1) is 14.8. The number of carbonyl (C=O) groups is 1. The lowest BCUT2D eigenvalue weighted by molar-refractivity contribution is -0.0440. The summed E-state index contributed by atoms with van der Waals surface area (Å²) in [5, 5.41) is 2.75. The second-order valence-corrected chi connectivity index (χ2v) is 9.30. The Morgan fingerprint density at radius 1 is 1.10 bits per heavy atom. The molecule has 2 aromatic rings. The molecule has 1 saturated heterocycles. The van der Waals surface area contributed by atoms with Gasteiger partial charge in [0.2, 0.25) is 10.0 Å². The smallest absolute Gasteiger partial charge is 0.251 e. The van der Waals surface area contributed by atoms with Crippen LogP contribution in [0.4, 0.5) is 0 Å². The molecule has 8 nitrogen and oxygen atoms in total. The number of benzene rings is 2. The highest BCUT2D eigenvalue weighted by Crippen LogP contribution is 2.25. The van der Waals surface area contributed by atoms with E-state index in [4.69, 9.17) is 14.2 Å². The quantitative estimate of drug-likeness (QED) is 0.623. The number of rotatable bonds is 8. The van der Waals surface area contributed by atoms with Crippen molar-refractivity contribution in [3.8, 4) is 11.5 Å². The third kappa shape index (κ3) is 5.75. The van der Waals surface area contributed by atoms with Crippen molar-refractivity contribution in [2.45, 2.75) is 31.0 Å². The summed E-state index contributed by atoms with van der Waals surface area (Å²) in [6.07, 6.45) is -0.374. The predicted molar refractivity (Wildman–Crippen MR) is 116 cm³/mol. The van der Waals surface area contributed by atoms with Crippen LogP contribution >= 0.6 is 0 Å². The minimum Gasteiger partial charge on any atom is -0.493 e. The normalized spacial score (nSPS) is 19.6. The number of nitrogens with zero attached hydrogens (tertiary/aromatic N) is 1. The van der Waals surface area contributed by atoms with Crippen molar-refractivity contribution >= 4 is 15.9 Å². The lowest BCUT2D eigenvalue weighted by atomic mass is 10.2. The van der Waals surface area contributed by atoms with Crippen LogP contribution in [0.5, 0.6) is 11.5 Å². The highest BCUT2D eigenvalue weighted by atomic mass is 32.2. The zero-order valence-corrected chi connectivity index (χ0v) is 18.7. The van der Waals surface area contributed by atoms with Crippen molar-refractivity contribution in [3.05, 3.63) is 54.1 Å². The van der Waals surface area contributed by atoms with Crippen LogP contribution in [0.2, 0.25) is 0 Å². The summed E-state index contributed by atoms with van der Waals surface area (Å²) < 4.78 is 44.0. The Morgan fingerprint density at radius 3 is 2.45 bits per heavy atom. The summed E-state index contributed by atoms with van der Waals surface area (Å²) in [5.74, 6) is 0.823. The lowest BCUT2D eigenvalue weighted by Crippen LogP contribution is -2.48. The van der Waals surface area contributed by atoms with Crippen molar-refractivity contribution in [2.24, 2.45) is 0 Å². The van der Waals surface area contributed by atoms with Gasteiger partial charge in [-0.05, 0) is 44.2 Å². The topological polar surface area (TPSA) is 94.2 Å². The predicted octanol–water partition coefficient (Wildman–Crippen LogP) is 2.30. The molecule has 0 radical (unpaired) electrons. The second kappa shape index (κ2) is 10.1. The average molecular weight is 449 g/mol. The molecule has 9 heteroatoms. The molecule has 31 heavy (non-hydrogen) atoms. The Kier molecular flexibility index (Phi) is 7.53. The number of hydrogen-bond donors (Lipinski definition) is 1. The molecular weight excluding hydrogens is 420 g/mol. The minimum atomic E-state index is -3.72. The van der Waals surface area contributed by atoms with Gasteiger partial charge < -0.3 is 19.5 Å². The summed E-state index contributed by atoms with van der Waals surface area (Å²) in [7, 11) is -2.16. The number of morpholine rings is 1. The van der Waals surface area contributed by atoms with Crippen molar-refractivity contribution in [2.75, 3.05) is 33.4 Å². The largest absolute Gasteiger partial charge is 0.493 e. The van der Waals surface area contributed by atoms with Crippen LogP contribution in [0.1, 0.15) is 24.2 Å². The summed E-state index contributed by atoms with van der Waals surface area (Å²) >= 11 is 0. The fourth-order valence-corrected chi connectivity index (χ4v) is 5.08. The number of methoxy groups -OCH3 is 1. The molecule has 0 bridgehead atoms. The highest BCUT2D eigenvalue weighted by Gasteiger charge is 2.32. The first kappa shape index (κ1) is 23.1. The van der Waals surface area contributed by atoms with Crippen molar-refractivity contribution in [3.63, 3.8) is 0 Å². The van der Waals surface area contributed by atoms with Gasteiger partial charge in [0.1, 0.15) is 6.61 Å². The number of carbonyl (C=O) groups excluding carboxylic acids is 1. The van der Waals surface area contributed by atoms with Gasteiger partial charge in [0.15, 0.2) is 11.5 Å². The molecule has 0 unspecified atom stereocenters. The van der Waals surface area contributed by atoms with Gasteiger partial charge in [0.25, 0.3) is 5.91 Å². The van der Waals surface area contributed by atoms with Gasteiger partial charge in [-0.25, -0.2) is 8.42 Å². The summed E-state index contributed by atoms with van der Waals surface area (Å²) in [6, 6.07) is 13.3. The molecule has 1 heterocycles. The van der Waals surface area contributed by atoms with E-state index in [9.17, 15) is 13.2 Å². The number of nitrogens with one attached hydrogen (secondary N) is 1. The van der Waals surface area contributed by atoms with E-state index in [0.717, 1.165) is 0 Å². The molecule has 1 aliphatic rings. The Labute approximate surface area is 183 Å². The number of para-hydroxylation sites is 2. The third-order valence-corrected chi connectivity index (χ3v) is 6.66. The number of hydrogen-bond acceptors (Lipinski definition) is 6. The Balaban J connectivity index is 1.61. The Morgan fingerprint density at radius 2 is 1.77 bits per heavy atom. The molecule has 1 amide bonds. The summed E-state index contributed by atoms with van der Waals surface area (Å²) in [5.41, 5.74) is 0.271. The molecule has 168 valence electrons. The number of sulfonamides is 1. The molecule has 1 N–H and O–H groups in total. The molecule has 1 fully saturated rings. The molecule has 1 aliphatic heterocycles. The SMILES string of the molecule is COc1ccccc1OCCNC(=O)c1cccc(S(=O)(=O)N2C[C@H](C)O[C@@H](C)C2)c1. The molecule has 0 aliphatic carbocycles. The number of amides is 1. The van der Waals surface area contributed by atoms with Gasteiger partial charge in [-0.15, -0.1) is 0 Å². The van der Waals surface area contributed by atoms with Crippen LogP contribution in [0.15, 0.2) is 53.4 Å². The number of ether oxygens (including phenoxy) is 3. The fraction of sp³-hybridized carbons (Fsp3) is 0.409. The maximum absolute atomic E-state index is 13.0. The summed E-state index contributed by atoms with van der Waals surface area (Å²) in [4.78, 5) is 12.6. The van der Waals surface area contributed by atoms with Gasteiger partial charge in [0, 0.05) is 18.7 Å². The van der Waals surface area contributed by atoms with Gasteiger partial charge >= 0.3 is 0 Å². The van der Waals surface area contributed by atoms with Crippen molar-refractivity contribution < 1.29 is 27.4 Å². The van der Waals surface area contributed by atoms with Gasteiger partial charge in [-0.1, -0.05) is 18.2 Å². The minimum absolute atomic E-state index is 0.0896. The van der Waals surface area contributed by atoms with Gasteiger partial charge in [-0.2, -0.15) is 4.31 Å². The maximum atomic E-state index is 13.0. The van der Waals surface area contributed by atoms with E-state index in [1.165, 1.54) is 16.4 Å². The van der Waals surface area contributed by atoms with Crippen molar-refractivity contribution in [1.29, 1.82) is 0 Å². The Bertz CT molecular complexity index is 1000. The van der Waals surface area contributed by atoms with E-state index < -0.39 is 10.0 Å². The van der Waals surface area contributed by atoms with E-state index >= 15 is 0 Å². The van der Waals surface area contributed by atoms with Crippen LogP contribution < -0.4 is 14.8 Å². The van der Waals surface area contributed by atoms with Crippen LogP contribution in [-0.2, 0) is 14.8 Å². The third-order valence-electron chi connectivity index (χ3n) is 4.83. The Hall–Kier alpha value is -2.62. The van der Waals surface area contributed by atoms with Gasteiger partial charge in [0.05, 0.1) is 30.8 Å². The van der Waals surface area contributed by atoms with Crippen LogP contribution in [0.25, 0.3) is 0 Å². The lowest BCUT2D eigenvalue weighted by Gasteiger charge is -2.34. The standard InChI is InChI=1S/C22H28N2O6S/c1-16-14-24(15-17(2)30-16)31(26,27)19-8-6-7-18(13-19)22(25)23-11-12-29-21-10-5-4-9-20(21)28-3/h4-10,13,16-17H,11-12,14-15H2,1-3H3,(H,23,25)/t16-,17-/m0/s1. The zero-order valence-electron chi connectivity index (χ0n) is 17.9. The zero-order chi connectivity index (χ0) is 22.4. The maximum Gasteiger partial charge on any atom is 0.251 e. The van der Waals surface area contributed by atoms with Crippen LogP contribution in [0, 0.1) is 0 Å². The van der Waals surface area contributed by atoms with E-state index in [1.54, 1.807) is 31.4 Å². The molecule has 0 spiro atoms. The van der Waals surface area contributed by atoms with Crippen LogP contribution in [-0.4, -0.2) is 64.2 Å².